The third kappa shape index (κ3) is 4.36. The summed E-state index contributed by atoms with van der Waals surface area (Å²) in [6, 6.07) is 10.3. The summed E-state index contributed by atoms with van der Waals surface area (Å²) >= 11 is 6.69. The van der Waals surface area contributed by atoms with Crippen molar-refractivity contribution in [2.45, 2.75) is 63.8 Å². The Hall–Kier alpha value is -2.33. The first-order chi connectivity index (χ1) is 14.9. The van der Waals surface area contributed by atoms with Gasteiger partial charge in [-0.3, -0.25) is 0 Å². The summed E-state index contributed by atoms with van der Waals surface area (Å²) in [5.41, 5.74) is 4.17. The van der Waals surface area contributed by atoms with Crippen molar-refractivity contribution in [2.24, 2.45) is 0 Å². The largest absolute Gasteiger partial charge is 0.504 e. The van der Waals surface area contributed by atoms with Crippen molar-refractivity contribution < 1.29 is 13.9 Å². The highest BCUT2D eigenvalue weighted by atomic mass is 35.5. The van der Waals surface area contributed by atoms with Gasteiger partial charge in [0.25, 0.3) is 0 Å². The monoisotopic (exact) mass is 443 g/mol. The molecule has 1 aliphatic carbocycles. The molecular formula is C26H28ClF2NO. The van der Waals surface area contributed by atoms with Crippen molar-refractivity contribution in [3.8, 4) is 5.75 Å². The molecular weight excluding hydrogens is 416 g/mol. The molecule has 0 saturated heterocycles. The Balaban J connectivity index is 1.70. The highest BCUT2D eigenvalue weighted by Crippen LogP contribution is 2.42. The molecule has 31 heavy (non-hydrogen) atoms. The standard InChI is InChI=1S/C26H28ClF2NO/c1-3-4-5-6-10-21(27)19-9-7-8-18(13-19)16(2)30-24(17-11-12-17)14-20-25(30)22(28)15-23(29)26(20)31/h7-9,11,13-16,21,31H,3-6,10,12H2,1-2H3. The van der Waals surface area contributed by atoms with Crippen molar-refractivity contribution in [2.75, 3.05) is 0 Å². The van der Waals surface area contributed by atoms with E-state index in [2.05, 4.69) is 13.0 Å². The fraction of sp³-hybridized carbons (Fsp3) is 0.385. The summed E-state index contributed by atoms with van der Waals surface area (Å²) in [4.78, 5) is 0. The van der Waals surface area contributed by atoms with Gasteiger partial charge >= 0.3 is 0 Å². The van der Waals surface area contributed by atoms with Crippen LogP contribution in [0.25, 0.3) is 16.5 Å². The molecule has 0 amide bonds. The Kier molecular flexibility index (Phi) is 6.38. The van der Waals surface area contributed by atoms with E-state index in [9.17, 15) is 13.9 Å². The lowest BCUT2D eigenvalue weighted by Crippen LogP contribution is -2.10. The van der Waals surface area contributed by atoms with E-state index >= 15 is 0 Å². The Morgan fingerprint density at radius 2 is 1.81 bits per heavy atom. The van der Waals surface area contributed by atoms with E-state index in [1.165, 1.54) is 19.3 Å². The van der Waals surface area contributed by atoms with Gasteiger partial charge in [0.15, 0.2) is 17.4 Å². The number of phenols is 1. The molecule has 2 unspecified atom stereocenters. The van der Waals surface area contributed by atoms with Gasteiger partial charge in [-0.15, -0.1) is 11.6 Å². The van der Waals surface area contributed by atoms with Crippen LogP contribution in [0.3, 0.4) is 0 Å². The molecule has 0 saturated carbocycles. The van der Waals surface area contributed by atoms with Crippen LogP contribution in [0.15, 0.2) is 42.5 Å². The summed E-state index contributed by atoms with van der Waals surface area (Å²) in [5, 5.41) is 10.4. The predicted octanol–water partition coefficient (Wildman–Crippen LogP) is 8.27. The summed E-state index contributed by atoms with van der Waals surface area (Å²) in [7, 11) is 0. The quantitative estimate of drug-likeness (QED) is 0.261. The summed E-state index contributed by atoms with van der Waals surface area (Å²) in [6.45, 7) is 4.19. The molecule has 4 rings (SSSR count). The minimum atomic E-state index is -0.943. The molecule has 0 aliphatic heterocycles. The lowest BCUT2D eigenvalue weighted by atomic mass is 10.00. The first-order valence-electron chi connectivity index (χ1n) is 11.1. The predicted molar refractivity (Wildman–Crippen MR) is 124 cm³/mol. The molecule has 2 atom stereocenters. The van der Waals surface area contributed by atoms with Crippen LogP contribution in [-0.4, -0.2) is 9.67 Å². The molecule has 2 nitrogen and oxygen atoms in total. The minimum Gasteiger partial charge on any atom is -0.504 e. The van der Waals surface area contributed by atoms with Crippen LogP contribution in [0.2, 0.25) is 0 Å². The number of halogens is 3. The molecule has 0 bridgehead atoms. The van der Waals surface area contributed by atoms with Gasteiger partial charge in [0.05, 0.1) is 16.9 Å². The van der Waals surface area contributed by atoms with Crippen LogP contribution >= 0.6 is 11.6 Å². The van der Waals surface area contributed by atoms with Crippen LogP contribution in [0, 0.1) is 11.6 Å². The van der Waals surface area contributed by atoms with Crippen molar-refractivity contribution in [3.63, 3.8) is 0 Å². The highest BCUT2D eigenvalue weighted by molar-refractivity contribution is 6.20. The maximum Gasteiger partial charge on any atom is 0.168 e. The fourth-order valence-electron chi connectivity index (χ4n) is 4.32. The van der Waals surface area contributed by atoms with Crippen LogP contribution in [0.5, 0.6) is 5.75 Å². The lowest BCUT2D eigenvalue weighted by molar-refractivity contribution is 0.435. The maximum absolute atomic E-state index is 14.9. The van der Waals surface area contributed by atoms with Gasteiger partial charge in [-0.1, -0.05) is 62.9 Å². The van der Waals surface area contributed by atoms with E-state index in [1.807, 2.05) is 35.8 Å². The van der Waals surface area contributed by atoms with E-state index < -0.39 is 17.4 Å². The Labute approximate surface area is 187 Å². The molecule has 2 aromatic carbocycles. The summed E-state index contributed by atoms with van der Waals surface area (Å²) in [5.74, 6) is -2.13. The molecule has 5 heteroatoms. The van der Waals surface area contributed by atoms with Crippen LogP contribution in [-0.2, 0) is 0 Å². The van der Waals surface area contributed by atoms with Gasteiger partial charge in [-0.25, -0.2) is 8.78 Å². The fourth-order valence-corrected chi connectivity index (χ4v) is 4.61. The zero-order chi connectivity index (χ0) is 22.1. The van der Waals surface area contributed by atoms with Crippen molar-refractivity contribution in [1.82, 2.24) is 4.57 Å². The molecule has 0 radical (unpaired) electrons. The summed E-state index contributed by atoms with van der Waals surface area (Å²) in [6.07, 6.45) is 8.48. The molecule has 3 aromatic rings. The highest BCUT2D eigenvalue weighted by Gasteiger charge is 2.26. The van der Waals surface area contributed by atoms with Gasteiger partial charge in [0.2, 0.25) is 0 Å². The molecule has 1 N–H and O–H groups in total. The van der Waals surface area contributed by atoms with Crippen molar-refractivity contribution >= 4 is 28.1 Å². The van der Waals surface area contributed by atoms with E-state index in [0.717, 1.165) is 47.7 Å². The van der Waals surface area contributed by atoms with E-state index in [1.54, 1.807) is 6.07 Å². The SMILES string of the molecule is CCCCCCC(Cl)c1cccc(C(C)n2c(C3=CC3)cc3c(O)c(F)cc(F)c32)c1. The molecule has 0 fully saturated rings. The van der Waals surface area contributed by atoms with E-state index in [-0.39, 0.29) is 22.3 Å². The van der Waals surface area contributed by atoms with Gasteiger partial charge in [0.1, 0.15) is 0 Å². The third-order valence-corrected chi connectivity index (χ3v) is 6.66. The molecule has 1 heterocycles. The number of benzene rings is 2. The van der Waals surface area contributed by atoms with E-state index in [4.69, 9.17) is 11.6 Å². The summed E-state index contributed by atoms with van der Waals surface area (Å²) < 4.78 is 30.7. The average molecular weight is 444 g/mol. The van der Waals surface area contributed by atoms with Crippen molar-refractivity contribution in [3.05, 3.63) is 70.9 Å². The van der Waals surface area contributed by atoms with Gasteiger partial charge in [-0.2, -0.15) is 0 Å². The number of allylic oxidation sites excluding steroid dienone is 2. The van der Waals surface area contributed by atoms with Crippen LogP contribution in [0.4, 0.5) is 8.78 Å². The second-order valence-corrected chi connectivity index (χ2v) is 8.97. The number of nitrogens with zero attached hydrogens (tertiary/aromatic N) is 1. The number of unbranched alkanes of at least 4 members (excludes halogenated alkanes) is 3. The van der Waals surface area contributed by atoms with Crippen LogP contribution in [0.1, 0.15) is 80.6 Å². The number of fused-ring (bicyclic) bond motifs is 1. The van der Waals surface area contributed by atoms with Gasteiger partial charge in [0, 0.05) is 17.1 Å². The molecule has 0 spiro atoms. The average Bonchev–Trinajstić information content (AvgIpc) is 3.53. The van der Waals surface area contributed by atoms with E-state index in [0.29, 0.717) is 0 Å². The lowest BCUT2D eigenvalue weighted by Gasteiger charge is -2.21. The number of alkyl halides is 1. The molecule has 1 aromatic heterocycles. The Morgan fingerprint density at radius 1 is 1.06 bits per heavy atom. The third-order valence-electron chi connectivity index (χ3n) is 6.19. The van der Waals surface area contributed by atoms with Crippen LogP contribution < -0.4 is 0 Å². The number of hydrogen-bond donors (Lipinski definition) is 1. The number of aromatic nitrogens is 1. The zero-order valence-corrected chi connectivity index (χ0v) is 18.7. The molecule has 164 valence electrons. The van der Waals surface area contributed by atoms with Gasteiger partial charge in [-0.05, 0) is 42.5 Å². The van der Waals surface area contributed by atoms with Gasteiger partial charge < -0.3 is 9.67 Å². The Bertz CT molecular complexity index is 1130. The smallest absolute Gasteiger partial charge is 0.168 e. The second-order valence-electron chi connectivity index (χ2n) is 8.45. The minimum absolute atomic E-state index is 0.0640. The normalized spacial score (nSPS) is 15.2. The maximum atomic E-state index is 14.9. The van der Waals surface area contributed by atoms with Crippen molar-refractivity contribution in [1.29, 1.82) is 0 Å². The topological polar surface area (TPSA) is 25.2 Å². The number of phenolic OH excluding ortho intramolecular Hbond substituents is 1. The number of rotatable bonds is 9. The first-order valence-corrected chi connectivity index (χ1v) is 11.5. The zero-order valence-electron chi connectivity index (χ0n) is 18.0. The number of hydrogen-bond acceptors (Lipinski definition) is 1. The molecule has 1 aliphatic rings. The first kappa shape index (κ1) is 21.9. The Morgan fingerprint density at radius 3 is 2.52 bits per heavy atom. The second kappa shape index (κ2) is 9.04. The number of aromatic hydroxyl groups is 1.